The van der Waals surface area contributed by atoms with Crippen LogP contribution in [0.2, 0.25) is 0 Å². The molecule has 14 heavy (non-hydrogen) atoms. The third-order valence-corrected chi connectivity index (χ3v) is 2.26. The SMILES string of the molecule is CC(O)c1cccc(C(C)C(=O)O)c1. The van der Waals surface area contributed by atoms with Crippen molar-refractivity contribution >= 4 is 5.97 Å². The Morgan fingerprint density at radius 1 is 1.29 bits per heavy atom. The van der Waals surface area contributed by atoms with Gasteiger partial charge in [-0.05, 0) is 25.0 Å². The van der Waals surface area contributed by atoms with Crippen molar-refractivity contribution in [2.24, 2.45) is 0 Å². The topological polar surface area (TPSA) is 57.5 Å². The number of rotatable bonds is 3. The average molecular weight is 194 g/mol. The number of carboxylic acid groups (broad SMARTS) is 1. The maximum absolute atomic E-state index is 10.7. The van der Waals surface area contributed by atoms with Crippen molar-refractivity contribution < 1.29 is 15.0 Å². The molecule has 76 valence electrons. The van der Waals surface area contributed by atoms with E-state index in [9.17, 15) is 9.90 Å². The second kappa shape index (κ2) is 4.24. The number of aliphatic carboxylic acids is 1. The highest BCUT2D eigenvalue weighted by atomic mass is 16.4. The van der Waals surface area contributed by atoms with Gasteiger partial charge in [0.2, 0.25) is 0 Å². The van der Waals surface area contributed by atoms with E-state index in [2.05, 4.69) is 0 Å². The summed E-state index contributed by atoms with van der Waals surface area (Å²) in [4.78, 5) is 10.7. The zero-order valence-electron chi connectivity index (χ0n) is 8.27. The van der Waals surface area contributed by atoms with E-state index >= 15 is 0 Å². The van der Waals surface area contributed by atoms with E-state index in [0.717, 1.165) is 11.1 Å². The fourth-order valence-electron chi connectivity index (χ4n) is 1.23. The van der Waals surface area contributed by atoms with Gasteiger partial charge in [0.05, 0.1) is 12.0 Å². The Kier molecular flexibility index (Phi) is 3.25. The highest BCUT2D eigenvalue weighted by molar-refractivity contribution is 5.75. The molecule has 3 heteroatoms. The molecule has 0 aromatic heterocycles. The predicted molar refractivity (Wildman–Crippen MR) is 53.1 cm³/mol. The number of benzene rings is 1. The Morgan fingerprint density at radius 2 is 1.86 bits per heavy atom. The van der Waals surface area contributed by atoms with Gasteiger partial charge in [0.25, 0.3) is 0 Å². The van der Waals surface area contributed by atoms with Crippen LogP contribution in [0.5, 0.6) is 0 Å². The third kappa shape index (κ3) is 2.33. The summed E-state index contributed by atoms with van der Waals surface area (Å²) in [5.74, 6) is -1.39. The molecular formula is C11H14O3. The molecule has 0 aliphatic rings. The first kappa shape index (κ1) is 10.7. The van der Waals surface area contributed by atoms with Gasteiger partial charge in [-0.2, -0.15) is 0 Å². The number of carboxylic acids is 1. The van der Waals surface area contributed by atoms with Crippen molar-refractivity contribution in [1.82, 2.24) is 0 Å². The largest absolute Gasteiger partial charge is 0.481 e. The fourth-order valence-corrected chi connectivity index (χ4v) is 1.23. The van der Waals surface area contributed by atoms with Gasteiger partial charge in [-0.25, -0.2) is 0 Å². The van der Waals surface area contributed by atoms with Crippen molar-refractivity contribution in [2.45, 2.75) is 25.9 Å². The van der Waals surface area contributed by atoms with E-state index in [-0.39, 0.29) is 0 Å². The molecule has 0 heterocycles. The van der Waals surface area contributed by atoms with Crippen LogP contribution in [-0.4, -0.2) is 16.2 Å². The van der Waals surface area contributed by atoms with Crippen LogP contribution >= 0.6 is 0 Å². The van der Waals surface area contributed by atoms with Gasteiger partial charge in [-0.1, -0.05) is 24.3 Å². The second-order valence-electron chi connectivity index (χ2n) is 3.41. The summed E-state index contributed by atoms with van der Waals surface area (Å²) < 4.78 is 0. The molecule has 0 aliphatic carbocycles. The van der Waals surface area contributed by atoms with Crippen LogP contribution in [0.3, 0.4) is 0 Å². The highest BCUT2D eigenvalue weighted by Gasteiger charge is 2.14. The van der Waals surface area contributed by atoms with Gasteiger partial charge in [-0.15, -0.1) is 0 Å². The molecule has 1 rings (SSSR count). The maximum atomic E-state index is 10.7. The summed E-state index contributed by atoms with van der Waals surface area (Å²) in [5, 5.41) is 18.1. The number of aliphatic hydroxyl groups is 1. The van der Waals surface area contributed by atoms with Crippen LogP contribution in [0.1, 0.15) is 37.0 Å². The molecule has 0 amide bonds. The van der Waals surface area contributed by atoms with E-state index in [0.29, 0.717) is 0 Å². The van der Waals surface area contributed by atoms with Gasteiger partial charge in [0.15, 0.2) is 0 Å². The summed E-state index contributed by atoms with van der Waals surface area (Å²) in [6.45, 7) is 3.29. The normalized spacial score (nSPS) is 14.8. The molecule has 0 spiro atoms. The third-order valence-electron chi connectivity index (χ3n) is 2.26. The second-order valence-corrected chi connectivity index (χ2v) is 3.41. The molecule has 0 saturated carbocycles. The first-order valence-corrected chi connectivity index (χ1v) is 4.53. The van der Waals surface area contributed by atoms with Crippen LogP contribution in [0, 0.1) is 0 Å². The Morgan fingerprint density at radius 3 is 2.36 bits per heavy atom. The van der Waals surface area contributed by atoms with Crippen molar-refractivity contribution in [3.05, 3.63) is 35.4 Å². The minimum Gasteiger partial charge on any atom is -0.481 e. The lowest BCUT2D eigenvalue weighted by Gasteiger charge is -2.10. The smallest absolute Gasteiger partial charge is 0.310 e. The molecule has 2 atom stereocenters. The predicted octanol–water partition coefficient (Wildman–Crippen LogP) is 1.93. The zero-order chi connectivity index (χ0) is 10.7. The summed E-state index contributed by atoms with van der Waals surface area (Å²) in [6, 6.07) is 7.02. The molecule has 2 N–H and O–H groups in total. The van der Waals surface area contributed by atoms with Crippen molar-refractivity contribution in [3.8, 4) is 0 Å². The summed E-state index contributed by atoms with van der Waals surface area (Å²) in [6.07, 6.45) is -0.559. The van der Waals surface area contributed by atoms with Crippen molar-refractivity contribution in [3.63, 3.8) is 0 Å². The number of hydrogen-bond donors (Lipinski definition) is 2. The Balaban J connectivity index is 2.99. The Hall–Kier alpha value is -1.35. The molecule has 1 aromatic rings. The lowest BCUT2D eigenvalue weighted by atomic mass is 9.98. The zero-order valence-corrected chi connectivity index (χ0v) is 8.27. The number of carbonyl (C=O) groups is 1. The van der Waals surface area contributed by atoms with E-state index in [1.165, 1.54) is 0 Å². The molecule has 0 bridgehead atoms. The Labute approximate surface area is 83.0 Å². The quantitative estimate of drug-likeness (QED) is 0.773. The lowest BCUT2D eigenvalue weighted by Crippen LogP contribution is -2.07. The monoisotopic (exact) mass is 194 g/mol. The van der Waals surface area contributed by atoms with Crippen LogP contribution in [0.25, 0.3) is 0 Å². The molecule has 1 aromatic carbocycles. The summed E-state index contributed by atoms with van der Waals surface area (Å²) in [5.41, 5.74) is 1.46. The van der Waals surface area contributed by atoms with Gasteiger partial charge in [0, 0.05) is 0 Å². The highest BCUT2D eigenvalue weighted by Crippen LogP contribution is 2.20. The minimum absolute atomic E-state index is 0.534. The number of hydrogen-bond acceptors (Lipinski definition) is 2. The van der Waals surface area contributed by atoms with Crippen molar-refractivity contribution in [2.75, 3.05) is 0 Å². The lowest BCUT2D eigenvalue weighted by molar-refractivity contribution is -0.138. The van der Waals surface area contributed by atoms with Crippen LogP contribution in [0.4, 0.5) is 0 Å². The maximum Gasteiger partial charge on any atom is 0.310 e. The molecule has 2 unspecified atom stereocenters. The van der Waals surface area contributed by atoms with Crippen LogP contribution in [-0.2, 0) is 4.79 Å². The van der Waals surface area contributed by atoms with Crippen LogP contribution < -0.4 is 0 Å². The van der Waals surface area contributed by atoms with Gasteiger partial charge in [-0.3, -0.25) is 4.79 Å². The van der Waals surface area contributed by atoms with Gasteiger partial charge in [0.1, 0.15) is 0 Å². The summed E-state index contributed by atoms with van der Waals surface area (Å²) >= 11 is 0. The minimum atomic E-state index is -0.854. The van der Waals surface area contributed by atoms with Crippen LogP contribution in [0.15, 0.2) is 24.3 Å². The standard InChI is InChI=1S/C11H14O3/c1-7(11(13)14)9-4-3-5-10(6-9)8(2)12/h3-8,12H,1-2H3,(H,13,14). The van der Waals surface area contributed by atoms with Crippen molar-refractivity contribution in [1.29, 1.82) is 0 Å². The van der Waals surface area contributed by atoms with Gasteiger partial charge < -0.3 is 10.2 Å². The Bertz CT molecular complexity index is 331. The molecular weight excluding hydrogens is 180 g/mol. The van der Waals surface area contributed by atoms with E-state index in [1.54, 1.807) is 38.1 Å². The van der Waals surface area contributed by atoms with E-state index < -0.39 is 18.0 Å². The molecule has 0 aliphatic heterocycles. The summed E-state index contributed by atoms with van der Waals surface area (Å²) in [7, 11) is 0. The van der Waals surface area contributed by atoms with E-state index in [4.69, 9.17) is 5.11 Å². The fraction of sp³-hybridized carbons (Fsp3) is 0.364. The first-order chi connectivity index (χ1) is 6.52. The molecule has 0 radical (unpaired) electrons. The molecule has 0 fully saturated rings. The first-order valence-electron chi connectivity index (χ1n) is 4.53. The van der Waals surface area contributed by atoms with E-state index in [1.807, 2.05) is 0 Å². The average Bonchev–Trinajstić information content (AvgIpc) is 2.16. The molecule has 0 saturated heterocycles. The number of aliphatic hydroxyl groups excluding tert-OH is 1. The molecule has 3 nitrogen and oxygen atoms in total. The van der Waals surface area contributed by atoms with Gasteiger partial charge >= 0.3 is 5.97 Å².